The van der Waals surface area contributed by atoms with E-state index in [9.17, 15) is 4.79 Å². The average Bonchev–Trinajstić information content (AvgIpc) is 2.43. The van der Waals surface area contributed by atoms with E-state index in [0.717, 1.165) is 30.4 Å². The van der Waals surface area contributed by atoms with Crippen LogP contribution in [0.1, 0.15) is 19.8 Å². The van der Waals surface area contributed by atoms with E-state index in [1.807, 2.05) is 6.07 Å². The fraction of sp³-hybridized carbons (Fsp3) is 0.571. The molecule has 1 aliphatic heterocycles. The maximum Gasteiger partial charge on any atom is 0.239 e. The summed E-state index contributed by atoms with van der Waals surface area (Å²) in [4.78, 5) is 18.3. The molecule has 0 radical (unpaired) electrons. The lowest BCUT2D eigenvalue weighted by atomic mass is 9.91. The molecule has 110 valence electrons. The first kappa shape index (κ1) is 15.4. The van der Waals surface area contributed by atoms with Crippen LogP contribution in [-0.2, 0) is 4.79 Å². The van der Waals surface area contributed by atoms with Crippen LogP contribution in [0.15, 0.2) is 22.8 Å². The summed E-state index contributed by atoms with van der Waals surface area (Å²) in [5, 5.41) is 2.82. The zero-order valence-electron chi connectivity index (χ0n) is 11.7. The van der Waals surface area contributed by atoms with E-state index in [2.05, 4.69) is 38.1 Å². The quantitative estimate of drug-likeness (QED) is 0.877. The van der Waals surface area contributed by atoms with Crippen LogP contribution >= 0.6 is 15.9 Å². The highest BCUT2D eigenvalue weighted by molar-refractivity contribution is 9.10. The summed E-state index contributed by atoms with van der Waals surface area (Å²) in [5.41, 5.74) is 6.08. The van der Waals surface area contributed by atoms with Gasteiger partial charge >= 0.3 is 0 Å². The molecule has 2 unspecified atom stereocenters. The zero-order chi connectivity index (χ0) is 14.5. The molecule has 2 atom stereocenters. The number of amides is 1. The maximum atomic E-state index is 12.0. The number of rotatable bonds is 4. The first-order valence-electron chi connectivity index (χ1n) is 6.98. The number of halogens is 1. The molecular formula is C14H21BrN4O. The van der Waals surface area contributed by atoms with Crippen molar-refractivity contribution in [1.82, 2.24) is 9.88 Å². The van der Waals surface area contributed by atoms with Gasteiger partial charge in [0.05, 0.1) is 6.54 Å². The van der Waals surface area contributed by atoms with Crippen molar-refractivity contribution in [3.63, 3.8) is 0 Å². The molecule has 0 bridgehead atoms. The predicted octanol–water partition coefficient (Wildman–Crippen LogP) is 1.84. The SMILES string of the molecule is CCC1CN(CC(=O)Nc2ccc(Br)cn2)CCC1N. The van der Waals surface area contributed by atoms with Crippen LogP contribution in [0.25, 0.3) is 0 Å². The number of nitrogens with zero attached hydrogens (tertiary/aromatic N) is 2. The summed E-state index contributed by atoms with van der Waals surface area (Å²) in [6.07, 6.45) is 3.69. The van der Waals surface area contributed by atoms with Crippen molar-refractivity contribution < 1.29 is 4.79 Å². The molecule has 1 fully saturated rings. The second-order valence-corrected chi connectivity index (χ2v) is 6.18. The number of hydrogen-bond acceptors (Lipinski definition) is 4. The van der Waals surface area contributed by atoms with Gasteiger partial charge in [0.25, 0.3) is 0 Å². The van der Waals surface area contributed by atoms with E-state index < -0.39 is 0 Å². The molecule has 1 aromatic heterocycles. The summed E-state index contributed by atoms with van der Waals surface area (Å²) in [6.45, 7) is 4.35. The van der Waals surface area contributed by atoms with E-state index in [0.29, 0.717) is 18.3 Å². The highest BCUT2D eigenvalue weighted by atomic mass is 79.9. The maximum absolute atomic E-state index is 12.0. The van der Waals surface area contributed by atoms with Crippen LogP contribution in [0, 0.1) is 5.92 Å². The van der Waals surface area contributed by atoms with Gasteiger partial charge in [0.2, 0.25) is 5.91 Å². The van der Waals surface area contributed by atoms with Crippen LogP contribution < -0.4 is 11.1 Å². The molecule has 20 heavy (non-hydrogen) atoms. The molecule has 0 saturated carbocycles. The van der Waals surface area contributed by atoms with Gasteiger partial charge in [-0.15, -0.1) is 0 Å². The van der Waals surface area contributed by atoms with Crippen LogP contribution in [0.4, 0.5) is 5.82 Å². The molecule has 3 N–H and O–H groups in total. The van der Waals surface area contributed by atoms with E-state index in [-0.39, 0.29) is 11.9 Å². The Balaban J connectivity index is 1.84. The number of piperidine rings is 1. The molecule has 1 aliphatic rings. The zero-order valence-corrected chi connectivity index (χ0v) is 13.3. The number of carbonyl (C=O) groups excluding carboxylic acids is 1. The lowest BCUT2D eigenvalue weighted by Crippen LogP contribution is -2.48. The van der Waals surface area contributed by atoms with Crippen LogP contribution in [-0.4, -0.2) is 41.5 Å². The van der Waals surface area contributed by atoms with Crippen molar-refractivity contribution in [2.24, 2.45) is 11.7 Å². The lowest BCUT2D eigenvalue weighted by Gasteiger charge is -2.36. The van der Waals surface area contributed by atoms with E-state index in [1.54, 1.807) is 12.3 Å². The number of nitrogens with one attached hydrogen (secondary N) is 1. The minimum atomic E-state index is -0.0230. The third kappa shape index (κ3) is 4.26. The Morgan fingerprint density at radius 3 is 3.05 bits per heavy atom. The Bertz CT molecular complexity index is 451. The summed E-state index contributed by atoms with van der Waals surface area (Å²) in [6, 6.07) is 3.91. The highest BCUT2D eigenvalue weighted by Crippen LogP contribution is 2.18. The second-order valence-electron chi connectivity index (χ2n) is 5.27. The van der Waals surface area contributed by atoms with Crippen LogP contribution in [0.5, 0.6) is 0 Å². The summed E-state index contributed by atoms with van der Waals surface area (Å²) < 4.78 is 0.895. The molecular weight excluding hydrogens is 320 g/mol. The van der Waals surface area contributed by atoms with Crippen molar-refractivity contribution in [2.75, 3.05) is 25.0 Å². The molecule has 0 spiro atoms. The summed E-state index contributed by atoms with van der Waals surface area (Å²) in [5.74, 6) is 1.05. The number of anilines is 1. The minimum Gasteiger partial charge on any atom is -0.327 e. The van der Waals surface area contributed by atoms with Crippen molar-refractivity contribution in [3.05, 3.63) is 22.8 Å². The van der Waals surface area contributed by atoms with Gasteiger partial charge < -0.3 is 11.1 Å². The molecule has 6 heteroatoms. The fourth-order valence-electron chi connectivity index (χ4n) is 2.54. The first-order valence-corrected chi connectivity index (χ1v) is 7.77. The van der Waals surface area contributed by atoms with Crippen LogP contribution in [0.2, 0.25) is 0 Å². The molecule has 1 aromatic rings. The van der Waals surface area contributed by atoms with Crippen molar-refractivity contribution in [1.29, 1.82) is 0 Å². The van der Waals surface area contributed by atoms with E-state index in [4.69, 9.17) is 5.73 Å². The predicted molar refractivity (Wildman–Crippen MR) is 83.4 cm³/mol. The van der Waals surface area contributed by atoms with Crippen molar-refractivity contribution >= 4 is 27.7 Å². The minimum absolute atomic E-state index is 0.0230. The molecule has 2 heterocycles. The van der Waals surface area contributed by atoms with Crippen LogP contribution in [0.3, 0.4) is 0 Å². The Kier molecular flexibility index (Phi) is 5.51. The number of aromatic nitrogens is 1. The molecule has 0 aromatic carbocycles. The summed E-state index contributed by atoms with van der Waals surface area (Å²) in [7, 11) is 0. The van der Waals surface area contributed by atoms with Gasteiger partial charge in [-0.25, -0.2) is 4.98 Å². The van der Waals surface area contributed by atoms with E-state index in [1.165, 1.54) is 0 Å². The van der Waals surface area contributed by atoms with Gasteiger partial charge in [-0.3, -0.25) is 9.69 Å². The topological polar surface area (TPSA) is 71.2 Å². The third-order valence-electron chi connectivity index (χ3n) is 3.76. The number of pyridine rings is 1. The molecule has 1 saturated heterocycles. The number of nitrogens with two attached hydrogens (primary N) is 1. The Hall–Kier alpha value is -0.980. The van der Waals surface area contributed by atoms with Gasteiger partial charge in [0.1, 0.15) is 5.82 Å². The van der Waals surface area contributed by atoms with Gasteiger partial charge in [0, 0.05) is 29.8 Å². The Morgan fingerprint density at radius 2 is 2.40 bits per heavy atom. The summed E-state index contributed by atoms with van der Waals surface area (Å²) >= 11 is 3.32. The largest absolute Gasteiger partial charge is 0.327 e. The molecule has 2 rings (SSSR count). The number of hydrogen-bond donors (Lipinski definition) is 2. The highest BCUT2D eigenvalue weighted by Gasteiger charge is 2.26. The average molecular weight is 341 g/mol. The van der Waals surface area contributed by atoms with Gasteiger partial charge in [-0.1, -0.05) is 13.3 Å². The Morgan fingerprint density at radius 1 is 1.60 bits per heavy atom. The molecule has 1 amide bonds. The van der Waals surface area contributed by atoms with E-state index >= 15 is 0 Å². The number of carbonyl (C=O) groups is 1. The Labute approximate surface area is 128 Å². The second kappa shape index (κ2) is 7.15. The molecule has 5 nitrogen and oxygen atoms in total. The first-order chi connectivity index (χ1) is 9.58. The fourth-order valence-corrected chi connectivity index (χ4v) is 2.77. The smallest absolute Gasteiger partial charge is 0.239 e. The monoisotopic (exact) mass is 340 g/mol. The normalized spacial score (nSPS) is 23.6. The lowest BCUT2D eigenvalue weighted by molar-refractivity contribution is -0.117. The number of likely N-dealkylation sites (tertiary alicyclic amines) is 1. The van der Waals surface area contributed by atoms with Gasteiger partial charge in [-0.2, -0.15) is 0 Å². The van der Waals surface area contributed by atoms with Gasteiger partial charge in [0.15, 0.2) is 0 Å². The molecule has 0 aliphatic carbocycles. The van der Waals surface area contributed by atoms with Crippen molar-refractivity contribution in [2.45, 2.75) is 25.8 Å². The standard InChI is InChI=1S/C14H21BrN4O/c1-2-10-8-19(6-5-12(10)16)9-14(20)18-13-4-3-11(15)7-17-13/h3-4,7,10,12H,2,5-6,8-9,16H2,1H3,(H,17,18,20). The van der Waals surface area contributed by atoms with Gasteiger partial charge in [-0.05, 0) is 40.4 Å². The third-order valence-corrected chi connectivity index (χ3v) is 4.23. The van der Waals surface area contributed by atoms with Crippen molar-refractivity contribution in [3.8, 4) is 0 Å².